The molecule has 2 aromatic rings. The van der Waals surface area contributed by atoms with Crippen molar-refractivity contribution < 1.29 is 41.0 Å². The van der Waals surface area contributed by atoms with Gasteiger partial charge in [-0.15, -0.1) is 13.2 Å². The van der Waals surface area contributed by atoms with E-state index in [0.29, 0.717) is 5.56 Å². The number of benzene rings is 2. The van der Waals surface area contributed by atoms with Gasteiger partial charge >= 0.3 is 12.3 Å². The van der Waals surface area contributed by atoms with Gasteiger partial charge in [0.15, 0.2) is 6.61 Å². The fourth-order valence-corrected chi connectivity index (χ4v) is 1.92. The molecule has 0 spiro atoms. The number of alkyl halides is 3. The highest BCUT2D eigenvalue weighted by Gasteiger charge is 2.30. The van der Waals surface area contributed by atoms with Crippen LogP contribution in [0, 0.1) is 11.6 Å². The van der Waals surface area contributed by atoms with Crippen LogP contribution in [-0.2, 0) is 14.3 Å². The highest BCUT2D eigenvalue weighted by molar-refractivity contribution is 5.94. The number of rotatable bonds is 6. The first kappa shape index (κ1) is 20.9. The van der Waals surface area contributed by atoms with Gasteiger partial charge in [0.2, 0.25) is 0 Å². The van der Waals surface area contributed by atoms with Crippen LogP contribution in [-0.4, -0.2) is 24.8 Å². The second kappa shape index (κ2) is 8.98. The third kappa shape index (κ3) is 6.71. The average Bonchev–Trinajstić information content (AvgIpc) is 2.61. The van der Waals surface area contributed by atoms with E-state index in [4.69, 9.17) is 0 Å². The van der Waals surface area contributed by atoms with Crippen molar-refractivity contribution in [2.75, 3.05) is 11.9 Å². The van der Waals surface area contributed by atoms with E-state index in [0.717, 1.165) is 36.4 Å². The molecule has 2 rings (SSSR count). The smallest absolute Gasteiger partial charge is 0.452 e. The number of hydrogen-bond acceptors (Lipinski definition) is 4. The molecule has 10 heteroatoms. The number of esters is 1. The van der Waals surface area contributed by atoms with E-state index in [-0.39, 0.29) is 0 Å². The van der Waals surface area contributed by atoms with E-state index in [2.05, 4.69) is 9.47 Å². The van der Waals surface area contributed by atoms with E-state index < -0.39 is 47.9 Å². The Labute approximate surface area is 155 Å². The molecule has 0 aliphatic heterocycles. The highest BCUT2D eigenvalue weighted by Crippen LogP contribution is 2.23. The molecular weight excluding hydrogens is 389 g/mol. The number of halogens is 5. The summed E-state index contributed by atoms with van der Waals surface area (Å²) in [5.41, 5.74) is -0.301. The molecule has 0 unspecified atom stereocenters. The summed E-state index contributed by atoms with van der Waals surface area (Å²) in [6.07, 6.45) is -2.65. The van der Waals surface area contributed by atoms with Crippen LogP contribution < -0.4 is 10.1 Å². The molecular formula is C18H12F5NO4. The summed E-state index contributed by atoms with van der Waals surface area (Å²) in [5.74, 6) is -4.31. The second-order valence-corrected chi connectivity index (χ2v) is 5.20. The SMILES string of the molecule is O=C(COC(=O)/C=C/c1ccc(OC(F)(F)F)cc1)Nc1c(F)cccc1F. The molecule has 0 fully saturated rings. The lowest BCUT2D eigenvalue weighted by Crippen LogP contribution is -2.21. The molecule has 0 atom stereocenters. The first-order valence-corrected chi connectivity index (χ1v) is 7.58. The molecule has 1 N–H and O–H groups in total. The molecule has 0 heterocycles. The molecule has 2 aromatic carbocycles. The zero-order chi connectivity index (χ0) is 20.7. The van der Waals surface area contributed by atoms with Crippen LogP contribution in [0.5, 0.6) is 5.75 Å². The number of hydrogen-bond donors (Lipinski definition) is 1. The number of ether oxygens (including phenoxy) is 2. The summed E-state index contributed by atoms with van der Waals surface area (Å²) in [5, 5.41) is 1.94. The predicted octanol–water partition coefficient (Wildman–Crippen LogP) is 4.06. The van der Waals surface area contributed by atoms with Crippen molar-refractivity contribution in [2.45, 2.75) is 6.36 Å². The lowest BCUT2D eigenvalue weighted by atomic mass is 10.2. The zero-order valence-corrected chi connectivity index (χ0v) is 13.9. The number of para-hydroxylation sites is 1. The fourth-order valence-electron chi connectivity index (χ4n) is 1.92. The van der Waals surface area contributed by atoms with Crippen LogP contribution >= 0.6 is 0 Å². The Hall–Kier alpha value is -3.43. The Balaban J connectivity index is 1.84. The number of nitrogens with one attached hydrogen (secondary N) is 1. The summed E-state index contributed by atoms with van der Waals surface area (Å²) >= 11 is 0. The third-order valence-electron chi connectivity index (χ3n) is 3.10. The van der Waals surface area contributed by atoms with E-state index >= 15 is 0 Å². The summed E-state index contributed by atoms with van der Waals surface area (Å²) < 4.78 is 71.3. The minimum Gasteiger partial charge on any atom is -0.452 e. The minimum atomic E-state index is -4.81. The first-order valence-electron chi connectivity index (χ1n) is 7.58. The van der Waals surface area contributed by atoms with E-state index in [1.54, 1.807) is 0 Å². The largest absolute Gasteiger partial charge is 0.573 e. The van der Waals surface area contributed by atoms with Gasteiger partial charge in [0.05, 0.1) is 0 Å². The Morgan fingerprint density at radius 1 is 1.00 bits per heavy atom. The summed E-state index contributed by atoms with van der Waals surface area (Å²) in [4.78, 5) is 23.1. The molecule has 0 saturated heterocycles. The van der Waals surface area contributed by atoms with Crippen LogP contribution in [0.25, 0.3) is 6.08 Å². The van der Waals surface area contributed by atoms with Gasteiger partial charge in [0.1, 0.15) is 23.1 Å². The number of anilines is 1. The Morgan fingerprint density at radius 2 is 1.61 bits per heavy atom. The van der Waals surface area contributed by atoms with Gasteiger partial charge < -0.3 is 14.8 Å². The van der Waals surface area contributed by atoms with Crippen LogP contribution in [0.1, 0.15) is 5.56 Å². The van der Waals surface area contributed by atoms with Crippen molar-refractivity contribution in [3.05, 3.63) is 65.7 Å². The van der Waals surface area contributed by atoms with Crippen molar-refractivity contribution in [3.63, 3.8) is 0 Å². The summed E-state index contributed by atoms with van der Waals surface area (Å²) in [7, 11) is 0. The topological polar surface area (TPSA) is 64.6 Å². The van der Waals surface area contributed by atoms with Crippen LogP contribution in [0.3, 0.4) is 0 Å². The second-order valence-electron chi connectivity index (χ2n) is 5.20. The maximum Gasteiger partial charge on any atom is 0.573 e. The molecule has 28 heavy (non-hydrogen) atoms. The van der Waals surface area contributed by atoms with Gasteiger partial charge in [0.25, 0.3) is 5.91 Å². The maximum atomic E-state index is 13.4. The van der Waals surface area contributed by atoms with E-state index in [1.807, 2.05) is 5.32 Å². The van der Waals surface area contributed by atoms with Crippen LogP contribution in [0.4, 0.5) is 27.6 Å². The summed E-state index contributed by atoms with van der Waals surface area (Å²) in [6.45, 7) is -0.796. The molecule has 0 saturated carbocycles. The van der Waals surface area contributed by atoms with Crippen molar-refractivity contribution >= 4 is 23.6 Å². The monoisotopic (exact) mass is 401 g/mol. The standard InChI is InChI=1S/C18H12F5NO4/c19-13-2-1-3-14(20)17(13)24-15(25)10-27-16(26)9-6-11-4-7-12(8-5-11)28-18(21,22)23/h1-9H,10H2,(H,24,25)/b9-6+. The van der Waals surface area contributed by atoms with Gasteiger partial charge in [-0.2, -0.15) is 0 Å². The number of carbonyl (C=O) groups excluding carboxylic acids is 2. The number of amides is 1. The molecule has 0 aliphatic carbocycles. The summed E-state index contributed by atoms with van der Waals surface area (Å²) in [6, 6.07) is 7.63. The average molecular weight is 401 g/mol. The lowest BCUT2D eigenvalue weighted by Gasteiger charge is -2.08. The number of carbonyl (C=O) groups is 2. The molecule has 0 radical (unpaired) electrons. The van der Waals surface area contributed by atoms with Gasteiger partial charge in [-0.05, 0) is 35.9 Å². The van der Waals surface area contributed by atoms with Crippen LogP contribution in [0.15, 0.2) is 48.5 Å². The van der Waals surface area contributed by atoms with Gasteiger partial charge in [-0.25, -0.2) is 13.6 Å². The fraction of sp³-hybridized carbons (Fsp3) is 0.111. The highest BCUT2D eigenvalue weighted by atomic mass is 19.4. The Bertz CT molecular complexity index is 858. The molecule has 0 bridgehead atoms. The van der Waals surface area contributed by atoms with Gasteiger partial charge in [-0.1, -0.05) is 18.2 Å². The normalized spacial score (nSPS) is 11.3. The molecule has 1 amide bonds. The van der Waals surface area contributed by atoms with Crippen molar-refractivity contribution in [2.24, 2.45) is 0 Å². The van der Waals surface area contributed by atoms with E-state index in [9.17, 15) is 31.5 Å². The van der Waals surface area contributed by atoms with Crippen molar-refractivity contribution in [3.8, 4) is 5.75 Å². The molecule has 0 aliphatic rings. The molecule has 5 nitrogen and oxygen atoms in total. The van der Waals surface area contributed by atoms with Crippen LogP contribution in [0.2, 0.25) is 0 Å². The molecule has 0 aromatic heterocycles. The molecule has 148 valence electrons. The Morgan fingerprint density at radius 3 is 2.18 bits per heavy atom. The zero-order valence-electron chi connectivity index (χ0n) is 13.9. The first-order chi connectivity index (χ1) is 13.1. The predicted molar refractivity (Wildman–Crippen MR) is 88.1 cm³/mol. The van der Waals surface area contributed by atoms with Gasteiger partial charge in [0, 0.05) is 6.08 Å². The third-order valence-corrected chi connectivity index (χ3v) is 3.10. The van der Waals surface area contributed by atoms with Crippen molar-refractivity contribution in [1.82, 2.24) is 0 Å². The van der Waals surface area contributed by atoms with Crippen molar-refractivity contribution in [1.29, 1.82) is 0 Å². The Kier molecular flexibility index (Phi) is 6.69. The minimum absolute atomic E-state index is 0.365. The van der Waals surface area contributed by atoms with E-state index in [1.165, 1.54) is 18.2 Å². The lowest BCUT2D eigenvalue weighted by molar-refractivity contribution is -0.274. The van der Waals surface area contributed by atoms with Gasteiger partial charge in [-0.3, -0.25) is 4.79 Å². The maximum absolute atomic E-state index is 13.4. The quantitative estimate of drug-likeness (QED) is 0.451.